The van der Waals surface area contributed by atoms with Gasteiger partial charge < -0.3 is 15.2 Å². The van der Waals surface area contributed by atoms with Gasteiger partial charge >= 0.3 is 12.1 Å². The molecule has 0 aromatic heterocycles. The summed E-state index contributed by atoms with van der Waals surface area (Å²) in [6, 6.07) is -0.417. The number of piperidine rings is 1. The quantitative estimate of drug-likeness (QED) is 0.690. The van der Waals surface area contributed by atoms with Crippen molar-refractivity contribution in [2.24, 2.45) is 5.73 Å². The van der Waals surface area contributed by atoms with Gasteiger partial charge in [-0.25, -0.2) is 4.79 Å². The monoisotopic (exact) mass is 268 g/mol. The van der Waals surface area contributed by atoms with Crippen LogP contribution >= 0.6 is 0 Å². The summed E-state index contributed by atoms with van der Waals surface area (Å²) in [4.78, 5) is 12.6. The van der Waals surface area contributed by atoms with Crippen LogP contribution in [0.15, 0.2) is 0 Å². The Morgan fingerprint density at radius 1 is 1.56 bits per heavy atom. The highest BCUT2D eigenvalue weighted by molar-refractivity contribution is 5.76. The normalized spacial score (nSPS) is 37.4. The number of likely N-dealkylation sites (N-methyl/N-ethyl adjacent to an activating group) is 1. The molecule has 0 amide bonds. The summed E-state index contributed by atoms with van der Waals surface area (Å²) >= 11 is 0. The zero-order chi connectivity index (χ0) is 13.6. The van der Waals surface area contributed by atoms with Gasteiger partial charge in [-0.05, 0) is 13.5 Å². The number of hydrogen-bond acceptors (Lipinski definition) is 5. The van der Waals surface area contributed by atoms with Crippen molar-refractivity contribution in [3.8, 4) is 0 Å². The maximum absolute atomic E-state index is 12.3. The molecule has 2 heterocycles. The molecule has 0 saturated carbocycles. The third-order valence-electron chi connectivity index (χ3n) is 3.50. The Labute approximate surface area is 102 Å². The van der Waals surface area contributed by atoms with E-state index in [2.05, 4.69) is 4.74 Å². The summed E-state index contributed by atoms with van der Waals surface area (Å²) in [6.07, 6.45) is -4.26. The Bertz CT molecular complexity index is 350. The van der Waals surface area contributed by atoms with E-state index in [0.29, 0.717) is 13.0 Å². The molecule has 0 unspecified atom stereocenters. The second-order valence-corrected chi connectivity index (χ2v) is 4.81. The molecule has 0 aromatic carbocycles. The predicted octanol–water partition coefficient (Wildman–Crippen LogP) is 0.240. The van der Waals surface area contributed by atoms with Crippen LogP contribution in [0.5, 0.6) is 0 Å². The minimum Gasteiger partial charge on any atom is -0.434 e. The average molecular weight is 268 g/mol. The number of fused-ring (bicyclic) bond motifs is 2. The van der Waals surface area contributed by atoms with Crippen molar-refractivity contribution in [2.75, 3.05) is 20.3 Å². The molecule has 2 saturated heterocycles. The van der Waals surface area contributed by atoms with E-state index in [1.165, 1.54) is 0 Å². The number of carbonyl (C=O) groups excluding carboxylic acids is 1. The summed E-state index contributed by atoms with van der Waals surface area (Å²) in [5, 5.41) is 0. The van der Waals surface area contributed by atoms with Crippen LogP contribution in [0.25, 0.3) is 0 Å². The first-order valence-corrected chi connectivity index (χ1v) is 5.61. The molecule has 2 aliphatic rings. The second-order valence-electron chi connectivity index (χ2n) is 4.81. The van der Waals surface area contributed by atoms with E-state index in [1.54, 1.807) is 11.9 Å². The second kappa shape index (κ2) is 4.36. The molecule has 2 N–H and O–H groups in total. The smallest absolute Gasteiger partial charge is 0.434 e. The van der Waals surface area contributed by atoms with Gasteiger partial charge in [0.1, 0.15) is 6.61 Å². The largest absolute Gasteiger partial charge is 0.490 e. The van der Waals surface area contributed by atoms with Crippen LogP contribution in [0, 0.1) is 0 Å². The first-order chi connectivity index (χ1) is 8.24. The number of morpholine rings is 1. The van der Waals surface area contributed by atoms with Gasteiger partial charge in [-0.2, -0.15) is 13.2 Å². The molecule has 2 bridgehead atoms. The standard InChI is InChI=1S/C10H15F3N2O3/c1-15-7-2-6(14)3-9(15,5-17-4-7)18-8(16)10(11,12)13/h6-7H,2-5,14H2,1H3/t6-,7-,9+/m0/s1. The first kappa shape index (κ1) is 13.6. The summed E-state index contributed by atoms with van der Waals surface area (Å²) in [7, 11) is 1.63. The maximum atomic E-state index is 12.3. The maximum Gasteiger partial charge on any atom is 0.490 e. The molecule has 2 fully saturated rings. The van der Waals surface area contributed by atoms with Crippen LogP contribution in [0.2, 0.25) is 0 Å². The van der Waals surface area contributed by atoms with Gasteiger partial charge in [-0.1, -0.05) is 0 Å². The summed E-state index contributed by atoms with van der Waals surface area (Å²) in [6.45, 7) is 0.297. The summed E-state index contributed by atoms with van der Waals surface area (Å²) in [5.41, 5.74) is 4.41. The van der Waals surface area contributed by atoms with E-state index in [1.807, 2.05) is 0 Å². The van der Waals surface area contributed by atoms with Crippen molar-refractivity contribution in [3.05, 3.63) is 0 Å². The fraction of sp³-hybridized carbons (Fsp3) is 0.900. The third-order valence-corrected chi connectivity index (χ3v) is 3.50. The van der Waals surface area contributed by atoms with Crippen LogP contribution < -0.4 is 5.73 Å². The molecular weight excluding hydrogens is 253 g/mol. The van der Waals surface area contributed by atoms with Crippen molar-refractivity contribution in [1.82, 2.24) is 4.90 Å². The third kappa shape index (κ3) is 2.32. The van der Waals surface area contributed by atoms with Crippen molar-refractivity contribution in [2.45, 2.75) is 36.8 Å². The number of hydrogen-bond donors (Lipinski definition) is 1. The molecule has 3 atom stereocenters. The van der Waals surface area contributed by atoms with Crippen molar-refractivity contribution < 1.29 is 27.4 Å². The minimum atomic E-state index is -5.01. The van der Waals surface area contributed by atoms with Gasteiger partial charge in [0, 0.05) is 18.5 Å². The number of carbonyl (C=O) groups is 1. The van der Waals surface area contributed by atoms with E-state index < -0.39 is 17.9 Å². The van der Waals surface area contributed by atoms with Gasteiger partial charge in [0.15, 0.2) is 5.72 Å². The Morgan fingerprint density at radius 3 is 2.83 bits per heavy atom. The Hall–Kier alpha value is -0.860. The van der Waals surface area contributed by atoms with E-state index in [-0.39, 0.29) is 25.1 Å². The highest BCUT2D eigenvalue weighted by atomic mass is 19.4. The van der Waals surface area contributed by atoms with E-state index in [9.17, 15) is 18.0 Å². The van der Waals surface area contributed by atoms with Crippen LogP contribution in [0.1, 0.15) is 12.8 Å². The van der Waals surface area contributed by atoms with E-state index in [4.69, 9.17) is 10.5 Å². The lowest BCUT2D eigenvalue weighted by molar-refractivity contribution is -0.269. The number of alkyl halides is 3. The fourth-order valence-electron chi connectivity index (χ4n) is 2.55. The molecule has 0 radical (unpaired) electrons. The highest BCUT2D eigenvalue weighted by Gasteiger charge is 2.54. The Balaban J connectivity index is 2.19. The first-order valence-electron chi connectivity index (χ1n) is 5.61. The molecule has 18 heavy (non-hydrogen) atoms. The highest BCUT2D eigenvalue weighted by Crippen LogP contribution is 2.36. The lowest BCUT2D eigenvalue weighted by atomic mass is 9.88. The fourth-order valence-corrected chi connectivity index (χ4v) is 2.55. The zero-order valence-electron chi connectivity index (χ0n) is 9.87. The van der Waals surface area contributed by atoms with Crippen LogP contribution in [-0.2, 0) is 14.3 Å². The zero-order valence-corrected chi connectivity index (χ0v) is 9.87. The summed E-state index contributed by atoms with van der Waals surface area (Å²) < 4.78 is 46.7. The molecule has 2 aliphatic heterocycles. The number of rotatable bonds is 1. The van der Waals surface area contributed by atoms with Gasteiger partial charge in [0.25, 0.3) is 0 Å². The number of halogens is 3. The van der Waals surface area contributed by atoms with Crippen molar-refractivity contribution >= 4 is 5.97 Å². The Morgan fingerprint density at radius 2 is 2.22 bits per heavy atom. The molecule has 8 heteroatoms. The van der Waals surface area contributed by atoms with Gasteiger partial charge in [0.2, 0.25) is 0 Å². The van der Waals surface area contributed by atoms with Crippen LogP contribution in [0.3, 0.4) is 0 Å². The lowest BCUT2D eigenvalue weighted by Gasteiger charge is -2.53. The van der Waals surface area contributed by atoms with E-state index in [0.717, 1.165) is 0 Å². The van der Waals surface area contributed by atoms with Gasteiger partial charge in [-0.3, -0.25) is 4.90 Å². The molecule has 0 aromatic rings. The molecule has 104 valence electrons. The average Bonchev–Trinajstić information content (AvgIpc) is 2.20. The molecular formula is C10H15F3N2O3. The SMILES string of the molecule is CN1[C@@H]2COC[C@]1(OC(=O)C(F)(F)F)C[C@@H](N)C2. The van der Waals surface area contributed by atoms with E-state index >= 15 is 0 Å². The number of esters is 1. The number of nitrogens with zero attached hydrogens (tertiary/aromatic N) is 1. The van der Waals surface area contributed by atoms with Crippen molar-refractivity contribution in [1.29, 1.82) is 0 Å². The number of ether oxygens (including phenoxy) is 2. The number of nitrogens with two attached hydrogens (primary N) is 1. The Kier molecular flexibility index (Phi) is 3.28. The topological polar surface area (TPSA) is 64.8 Å². The molecule has 2 rings (SSSR count). The minimum absolute atomic E-state index is 0.0878. The van der Waals surface area contributed by atoms with Crippen molar-refractivity contribution in [3.63, 3.8) is 0 Å². The van der Waals surface area contributed by atoms with Crippen LogP contribution in [-0.4, -0.2) is 55.1 Å². The predicted molar refractivity (Wildman–Crippen MR) is 54.5 cm³/mol. The molecule has 0 spiro atoms. The van der Waals surface area contributed by atoms with Crippen LogP contribution in [0.4, 0.5) is 13.2 Å². The lowest BCUT2D eigenvalue weighted by Crippen LogP contribution is -2.68. The summed E-state index contributed by atoms with van der Waals surface area (Å²) in [5.74, 6) is -2.20. The van der Waals surface area contributed by atoms with Gasteiger partial charge in [-0.15, -0.1) is 0 Å². The van der Waals surface area contributed by atoms with Gasteiger partial charge in [0.05, 0.1) is 6.61 Å². The molecule has 0 aliphatic carbocycles. The molecule has 5 nitrogen and oxygen atoms in total.